The van der Waals surface area contributed by atoms with Crippen molar-refractivity contribution in [1.82, 2.24) is 20.2 Å². The zero-order valence-electron chi connectivity index (χ0n) is 13.3. The maximum atomic E-state index is 5.87. The summed E-state index contributed by atoms with van der Waals surface area (Å²) in [5, 5.41) is 8.40. The molecule has 1 aliphatic rings. The molecule has 0 aliphatic carbocycles. The molecule has 3 aromatic rings. The van der Waals surface area contributed by atoms with Crippen molar-refractivity contribution in [2.45, 2.75) is 12.3 Å². The molecule has 1 fully saturated rings. The fourth-order valence-corrected chi connectivity index (χ4v) is 2.84. The summed E-state index contributed by atoms with van der Waals surface area (Å²) in [6, 6.07) is 11.5. The Hall–Kier alpha value is -2.96. The van der Waals surface area contributed by atoms with Gasteiger partial charge in [-0.25, -0.2) is 4.98 Å². The van der Waals surface area contributed by atoms with Crippen LogP contribution in [0.3, 0.4) is 0 Å². The first-order valence-corrected chi connectivity index (χ1v) is 7.84. The first-order valence-electron chi connectivity index (χ1n) is 7.84. The van der Waals surface area contributed by atoms with Crippen LogP contribution in [-0.2, 0) is 0 Å². The number of hydrogen-bond acceptors (Lipinski definition) is 7. The number of methoxy groups -OCH3 is 1. The number of aromatic nitrogens is 4. The lowest BCUT2D eigenvalue weighted by atomic mass is 10.1. The summed E-state index contributed by atoms with van der Waals surface area (Å²) in [4.78, 5) is 10.8. The van der Waals surface area contributed by atoms with Gasteiger partial charge in [0.2, 0.25) is 23.6 Å². The first-order chi connectivity index (χ1) is 11.8. The Morgan fingerprint density at radius 2 is 2.04 bits per heavy atom. The van der Waals surface area contributed by atoms with Gasteiger partial charge in [-0.2, -0.15) is 4.98 Å². The van der Waals surface area contributed by atoms with Crippen LogP contribution in [0, 0.1) is 0 Å². The maximum Gasteiger partial charge on any atom is 0.247 e. The lowest BCUT2D eigenvalue weighted by molar-refractivity contribution is 0.397. The van der Waals surface area contributed by atoms with Gasteiger partial charge >= 0.3 is 0 Å². The van der Waals surface area contributed by atoms with E-state index >= 15 is 0 Å². The zero-order chi connectivity index (χ0) is 16.4. The molecule has 24 heavy (non-hydrogen) atoms. The predicted octanol–water partition coefficient (Wildman–Crippen LogP) is 2.53. The maximum absolute atomic E-state index is 5.87. The highest BCUT2D eigenvalue weighted by molar-refractivity contribution is 5.51. The van der Waals surface area contributed by atoms with Crippen molar-refractivity contribution in [3.8, 4) is 17.3 Å². The number of hydrogen-bond donors (Lipinski definition) is 0. The van der Waals surface area contributed by atoms with E-state index in [2.05, 4.69) is 25.1 Å². The SMILES string of the molecule is COc1ccnc(N2CCC(c3nnc(-c4ccccc4)o3)C2)n1. The Morgan fingerprint density at radius 1 is 1.17 bits per heavy atom. The highest BCUT2D eigenvalue weighted by Gasteiger charge is 2.30. The van der Waals surface area contributed by atoms with E-state index in [0.717, 1.165) is 25.1 Å². The van der Waals surface area contributed by atoms with Crippen LogP contribution in [0.25, 0.3) is 11.5 Å². The highest BCUT2D eigenvalue weighted by atomic mass is 16.5. The highest BCUT2D eigenvalue weighted by Crippen LogP contribution is 2.30. The molecule has 1 unspecified atom stereocenters. The van der Waals surface area contributed by atoms with E-state index in [9.17, 15) is 0 Å². The Morgan fingerprint density at radius 3 is 2.88 bits per heavy atom. The van der Waals surface area contributed by atoms with Gasteiger partial charge in [0.05, 0.1) is 13.0 Å². The summed E-state index contributed by atoms with van der Waals surface area (Å²) in [6.07, 6.45) is 2.63. The quantitative estimate of drug-likeness (QED) is 0.730. The molecule has 2 aromatic heterocycles. The summed E-state index contributed by atoms with van der Waals surface area (Å²) in [7, 11) is 1.60. The van der Waals surface area contributed by atoms with E-state index in [0.29, 0.717) is 23.6 Å². The van der Waals surface area contributed by atoms with Crippen LogP contribution in [0.2, 0.25) is 0 Å². The lowest BCUT2D eigenvalue weighted by Crippen LogP contribution is -2.21. The first kappa shape index (κ1) is 14.6. The molecule has 0 amide bonds. The van der Waals surface area contributed by atoms with E-state index in [1.165, 1.54) is 0 Å². The minimum absolute atomic E-state index is 0.185. The van der Waals surface area contributed by atoms with Crippen LogP contribution >= 0.6 is 0 Å². The minimum atomic E-state index is 0.185. The summed E-state index contributed by atoms with van der Waals surface area (Å²) >= 11 is 0. The largest absolute Gasteiger partial charge is 0.481 e. The standard InChI is InChI=1S/C17H17N5O2/c1-23-14-7-9-18-17(19-14)22-10-8-13(11-22)16-21-20-15(24-16)12-5-3-2-4-6-12/h2-7,9,13H,8,10-11H2,1H3. The second-order valence-corrected chi connectivity index (χ2v) is 5.64. The normalized spacial score (nSPS) is 17.2. The monoisotopic (exact) mass is 323 g/mol. The number of rotatable bonds is 4. The van der Waals surface area contributed by atoms with E-state index in [4.69, 9.17) is 9.15 Å². The van der Waals surface area contributed by atoms with E-state index in [1.54, 1.807) is 19.4 Å². The van der Waals surface area contributed by atoms with Crippen molar-refractivity contribution < 1.29 is 9.15 Å². The molecule has 0 bridgehead atoms. The summed E-state index contributed by atoms with van der Waals surface area (Å²) in [5.41, 5.74) is 0.933. The molecular weight excluding hydrogens is 306 g/mol. The van der Waals surface area contributed by atoms with Crippen molar-refractivity contribution in [2.75, 3.05) is 25.1 Å². The Balaban J connectivity index is 1.50. The van der Waals surface area contributed by atoms with Gasteiger partial charge in [0.25, 0.3) is 0 Å². The third-order valence-electron chi connectivity index (χ3n) is 4.11. The molecule has 1 saturated heterocycles. The van der Waals surface area contributed by atoms with Gasteiger partial charge in [-0.15, -0.1) is 10.2 Å². The van der Waals surface area contributed by atoms with Crippen LogP contribution in [-0.4, -0.2) is 40.4 Å². The molecule has 0 N–H and O–H groups in total. The second kappa shape index (κ2) is 6.27. The van der Waals surface area contributed by atoms with Crippen molar-refractivity contribution in [3.63, 3.8) is 0 Å². The molecule has 7 heteroatoms. The van der Waals surface area contributed by atoms with Gasteiger partial charge in [0, 0.05) is 30.9 Å². The van der Waals surface area contributed by atoms with Crippen LogP contribution in [0.5, 0.6) is 5.88 Å². The van der Waals surface area contributed by atoms with Gasteiger partial charge in [-0.3, -0.25) is 0 Å². The van der Waals surface area contributed by atoms with Crippen molar-refractivity contribution in [1.29, 1.82) is 0 Å². The molecule has 7 nitrogen and oxygen atoms in total. The lowest BCUT2D eigenvalue weighted by Gasteiger charge is -2.15. The summed E-state index contributed by atoms with van der Waals surface area (Å²) in [6.45, 7) is 1.60. The van der Waals surface area contributed by atoms with E-state index in [1.807, 2.05) is 30.3 Å². The Kier molecular flexibility index (Phi) is 3.82. The Labute approximate surface area is 139 Å². The fourth-order valence-electron chi connectivity index (χ4n) is 2.84. The van der Waals surface area contributed by atoms with Gasteiger partial charge < -0.3 is 14.1 Å². The molecule has 0 spiro atoms. The smallest absolute Gasteiger partial charge is 0.247 e. The fraction of sp³-hybridized carbons (Fsp3) is 0.294. The minimum Gasteiger partial charge on any atom is -0.481 e. The second-order valence-electron chi connectivity index (χ2n) is 5.64. The molecule has 0 saturated carbocycles. The molecular formula is C17H17N5O2. The molecule has 4 rings (SSSR count). The third kappa shape index (κ3) is 2.80. The zero-order valence-corrected chi connectivity index (χ0v) is 13.3. The molecule has 1 aromatic carbocycles. The van der Waals surface area contributed by atoms with Crippen LogP contribution in [0.4, 0.5) is 5.95 Å². The molecule has 1 aliphatic heterocycles. The molecule has 122 valence electrons. The topological polar surface area (TPSA) is 77.2 Å². The number of benzene rings is 1. The van der Waals surface area contributed by atoms with Crippen LogP contribution in [0.1, 0.15) is 18.2 Å². The van der Waals surface area contributed by atoms with Crippen molar-refractivity contribution >= 4 is 5.95 Å². The number of ether oxygens (including phenoxy) is 1. The van der Waals surface area contributed by atoms with Gasteiger partial charge in [0.1, 0.15) is 0 Å². The van der Waals surface area contributed by atoms with E-state index < -0.39 is 0 Å². The summed E-state index contributed by atoms with van der Waals surface area (Å²) < 4.78 is 11.0. The van der Waals surface area contributed by atoms with Crippen molar-refractivity contribution in [3.05, 3.63) is 48.5 Å². The van der Waals surface area contributed by atoms with Gasteiger partial charge in [0.15, 0.2) is 0 Å². The van der Waals surface area contributed by atoms with Crippen molar-refractivity contribution in [2.24, 2.45) is 0 Å². The predicted molar refractivity (Wildman–Crippen MR) is 87.9 cm³/mol. The van der Waals surface area contributed by atoms with Crippen LogP contribution in [0.15, 0.2) is 47.0 Å². The molecule has 1 atom stereocenters. The average Bonchev–Trinajstić information content (AvgIpc) is 3.32. The summed E-state index contributed by atoms with van der Waals surface area (Å²) in [5.74, 6) is 2.64. The van der Waals surface area contributed by atoms with Gasteiger partial charge in [-0.1, -0.05) is 18.2 Å². The third-order valence-corrected chi connectivity index (χ3v) is 4.11. The molecule has 3 heterocycles. The number of nitrogens with zero attached hydrogens (tertiary/aromatic N) is 5. The number of anilines is 1. The van der Waals surface area contributed by atoms with Gasteiger partial charge in [-0.05, 0) is 18.6 Å². The van der Waals surface area contributed by atoms with Crippen LogP contribution < -0.4 is 9.64 Å². The average molecular weight is 323 g/mol. The van der Waals surface area contributed by atoms with E-state index in [-0.39, 0.29) is 5.92 Å². The Bertz CT molecular complexity index is 821. The molecule has 0 radical (unpaired) electrons.